The van der Waals surface area contributed by atoms with Crippen molar-refractivity contribution in [2.45, 2.75) is 37.4 Å². The van der Waals surface area contributed by atoms with Crippen LogP contribution in [0.25, 0.3) is 5.57 Å². The first-order valence-electron chi connectivity index (χ1n) is 9.19. The molecule has 2 aromatic rings. The minimum Gasteiger partial charge on any atom is -0.384 e. The molecule has 0 aromatic heterocycles. The fraction of sp³-hybridized carbons (Fsp3) is 0.364. The van der Waals surface area contributed by atoms with Gasteiger partial charge in [-0.2, -0.15) is 0 Å². The molecule has 0 amide bonds. The third-order valence-electron chi connectivity index (χ3n) is 4.41. The summed E-state index contributed by atoms with van der Waals surface area (Å²) in [6.07, 6.45) is 1.91. The van der Waals surface area contributed by atoms with Gasteiger partial charge in [0.15, 0.2) is 0 Å². The highest BCUT2D eigenvalue weighted by atomic mass is 35.5. The summed E-state index contributed by atoms with van der Waals surface area (Å²) in [5.41, 5.74) is 5.39. The highest BCUT2D eigenvalue weighted by molar-refractivity contribution is 6.21. The zero-order chi connectivity index (χ0) is 18.9. The van der Waals surface area contributed by atoms with Gasteiger partial charge in [0.2, 0.25) is 0 Å². The zero-order valence-electron chi connectivity index (χ0n) is 15.6. The van der Waals surface area contributed by atoms with E-state index in [0.717, 1.165) is 54.0 Å². The number of halogens is 2. The average molecular weight is 391 g/mol. The number of anilines is 2. The van der Waals surface area contributed by atoms with Gasteiger partial charge in [0, 0.05) is 24.5 Å². The number of alkyl halides is 2. The predicted molar refractivity (Wildman–Crippen MR) is 118 cm³/mol. The van der Waals surface area contributed by atoms with Gasteiger partial charge in [-0.3, -0.25) is 0 Å². The van der Waals surface area contributed by atoms with Crippen molar-refractivity contribution in [1.82, 2.24) is 0 Å². The molecule has 2 rings (SSSR count). The maximum atomic E-state index is 6.15. The number of benzene rings is 2. The third kappa shape index (κ3) is 6.26. The molecule has 140 valence electrons. The molecule has 2 aromatic carbocycles. The van der Waals surface area contributed by atoms with E-state index in [2.05, 4.69) is 79.6 Å². The first kappa shape index (κ1) is 20.7. The molecule has 0 saturated carbocycles. The van der Waals surface area contributed by atoms with Gasteiger partial charge in [0.1, 0.15) is 0 Å². The summed E-state index contributed by atoms with van der Waals surface area (Å²) in [5.74, 6) is 0. The largest absolute Gasteiger partial charge is 0.384 e. The molecule has 2 N–H and O–H groups in total. The molecule has 0 heterocycles. The van der Waals surface area contributed by atoms with Crippen LogP contribution >= 0.6 is 23.2 Å². The Morgan fingerprint density at radius 2 is 1.12 bits per heavy atom. The molecule has 0 saturated heterocycles. The molecule has 0 spiro atoms. The van der Waals surface area contributed by atoms with E-state index in [1.54, 1.807) is 0 Å². The van der Waals surface area contributed by atoms with Crippen molar-refractivity contribution < 1.29 is 0 Å². The zero-order valence-corrected chi connectivity index (χ0v) is 17.1. The van der Waals surface area contributed by atoms with E-state index in [1.807, 2.05) is 0 Å². The van der Waals surface area contributed by atoms with E-state index >= 15 is 0 Å². The fourth-order valence-corrected chi connectivity index (χ4v) is 2.65. The van der Waals surface area contributed by atoms with Crippen LogP contribution in [-0.2, 0) is 0 Å². The molecule has 26 heavy (non-hydrogen) atoms. The second kappa shape index (κ2) is 10.5. The highest BCUT2D eigenvalue weighted by Gasteiger charge is 2.05. The number of rotatable bonds is 10. The Balaban J connectivity index is 1.95. The van der Waals surface area contributed by atoms with Crippen molar-refractivity contribution in [2.75, 3.05) is 23.7 Å². The molecule has 0 aliphatic heterocycles. The lowest BCUT2D eigenvalue weighted by atomic mass is 9.99. The topological polar surface area (TPSA) is 24.1 Å². The van der Waals surface area contributed by atoms with Gasteiger partial charge in [0.25, 0.3) is 0 Å². The molecule has 0 radical (unpaired) electrons. The molecule has 0 aliphatic rings. The highest BCUT2D eigenvalue weighted by Crippen LogP contribution is 2.24. The minimum absolute atomic E-state index is 0.156. The van der Waals surface area contributed by atoms with Gasteiger partial charge in [0.05, 0.1) is 10.8 Å². The van der Waals surface area contributed by atoms with E-state index in [-0.39, 0.29) is 10.8 Å². The fourth-order valence-electron chi connectivity index (χ4n) is 2.49. The van der Waals surface area contributed by atoms with E-state index in [1.165, 1.54) is 0 Å². The molecule has 0 fully saturated rings. The Morgan fingerprint density at radius 3 is 1.42 bits per heavy atom. The van der Waals surface area contributed by atoms with Crippen LogP contribution in [0.15, 0.2) is 55.1 Å². The lowest BCUT2D eigenvalue weighted by Crippen LogP contribution is -2.13. The van der Waals surface area contributed by atoms with Crippen LogP contribution in [0, 0.1) is 0 Å². The summed E-state index contributed by atoms with van der Waals surface area (Å²) in [7, 11) is 0. The van der Waals surface area contributed by atoms with Gasteiger partial charge in [-0.25, -0.2) is 0 Å². The monoisotopic (exact) mass is 390 g/mol. The van der Waals surface area contributed by atoms with Crippen molar-refractivity contribution in [1.29, 1.82) is 0 Å². The molecule has 0 bridgehead atoms. The molecular weight excluding hydrogens is 363 g/mol. The molecule has 4 heteroatoms. The first-order chi connectivity index (χ1) is 12.5. The second-order valence-electron chi connectivity index (χ2n) is 6.41. The van der Waals surface area contributed by atoms with Crippen LogP contribution in [0.4, 0.5) is 11.4 Å². The van der Waals surface area contributed by atoms with E-state index in [9.17, 15) is 0 Å². The second-order valence-corrected chi connectivity index (χ2v) is 7.64. The summed E-state index contributed by atoms with van der Waals surface area (Å²) in [6, 6.07) is 16.6. The Morgan fingerprint density at radius 1 is 0.769 bits per heavy atom. The van der Waals surface area contributed by atoms with Crippen LogP contribution in [0.1, 0.15) is 37.8 Å². The van der Waals surface area contributed by atoms with Crippen molar-refractivity contribution in [3.63, 3.8) is 0 Å². The smallest absolute Gasteiger partial charge is 0.0506 e. The van der Waals surface area contributed by atoms with Crippen molar-refractivity contribution in [3.05, 3.63) is 66.2 Å². The molecule has 2 nitrogen and oxygen atoms in total. The van der Waals surface area contributed by atoms with Crippen LogP contribution in [0.3, 0.4) is 0 Å². The Kier molecular flexibility index (Phi) is 8.34. The lowest BCUT2D eigenvalue weighted by molar-refractivity contribution is 0.844. The first-order valence-corrected chi connectivity index (χ1v) is 10.1. The van der Waals surface area contributed by atoms with Crippen LogP contribution in [0.5, 0.6) is 0 Å². The summed E-state index contributed by atoms with van der Waals surface area (Å²) in [5, 5.41) is 7.02. The lowest BCUT2D eigenvalue weighted by Gasteiger charge is -2.13. The van der Waals surface area contributed by atoms with Crippen LogP contribution in [0.2, 0.25) is 0 Å². The predicted octanol–water partition coefficient (Wildman–Crippen LogP) is 6.61. The van der Waals surface area contributed by atoms with Gasteiger partial charge in [-0.05, 0) is 53.8 Å². The normalized spacial score (nSPS) is 13.1. The molecule has 2 atom stereocenters. The summed E-state index contributed by atoms with van der Waals surface area (Å²) >= 11 is 12.3. The van der Waals surface area contributed by atoms with Crippen molar-refractivity contribution >= 4 is 40.1 Å². The average Bonchev–Trinajstić information content (AvgIpc) is 2.70. The maximum Gasteiger partial charge on any atom is 0.0506 e. The van der Waals surface area contributed by atoms with Crippen LogP contribution in [-0.4, -0.2) is 23.8 Å². The van der Waals surface area contributed by atoms with Gasteiger partial charge in [-0.15, -0.1) is 23.2 Å². The minimum atomic E-state index is 0.156. The summed E-state index contributed by atoms with van der Waals surface area (Å²) in [6.45, 7) is 9.97. The number of nitrogens with one attached hydrogen (secondary N) is 2. The quantitative estimate of drug-likeness (QED) is 0.446. The molecular formula is C22H28Cl2N2. The third-order valence-corrected chi connectivity index (χ3v) is 5.33. The van der Waals surface area contributed by atoms with E-state index in [4.69, 9.17) is 23.2 Å². The van der Waals surface area contributed by atoms with E-state index in [0.29, 0.717) is 0 Å². The van der Waals surface area contributed by atoms with Crippen molar-refractivity contribution in [3.8, 4) is 0 Å². The Bertz CT molecular complexity index is 621. The maximum absolute atomic E-state index is 6.15. The number of hydrogen-bond acceptors (Lipinski definition) is 2. The standard InChI is InChI=1S/C22H28Cl2N2/c1-4-19(23)14-25-21-10-6-17(7-11-21)16(3)18-8-12-22(13-9-18)26-15-20(24)5-2/h6-13,19-20,25-26H,3-5,14-15H2,1-2H3. The Hall–Kier alpha value is -1.64. The summed E-state index contributed by atoms with van der Waals surface area (Å²) in [4.78, 5) is 0. The van der Waals surface area contributed by atoms with Crippen molar-refractivity contribution in [2.24, 2.45) is 0 Å². The number of hydrogen-bond donors (Lipinski definition) is 2. The summed E-state index contributed by atoms with van der Waals surface area (Å²) < 4.78 is 0. The van der Waals surface area contributed by atoms with Crippen LogP contribution < -0.4 is 10.6 Å². The Labute approximate surface area is 167 Å². The van der Waals surface area contributed by atoms with Gasteiger partial charge in [-0.1, -0.05) is 44.7 Å². The molecule has 2 unspecified atom stereocenters. The SMILES string of the molecule is C=C(c1ccc(NCC(Cl)CC)cc1)c1ccc(NCC(Cl)CC)cc1. The van der Waals surface area contributed by atoms with E-state index < -0.39 is 0 Å². The van der Waals surface area contributed by atoms with Gasteiger partial charge >= 0.3 is 0 Å². The van der Waals surface area contributed by atoms with Gasteiger partial charge < -0.3 is 10.6 Å². The molecule has 0 aliphatic carbocycles.